The summed E-state index contributed by atoms with van der Waals surface area (Å²) in [4.78, 5) is 21.8. The Morgan fingerprint density at radius 3 is 2.76 bits per heavy atom. The number of aromatic amines is 1. The monoisotopic (exact) mass is 298 g/mol. The molecule has 0 amide bonds. The molecule has 1 unspecified atom stereocenters. The van der Waals surface area contributed by atoms with Gasteiger partial charge in [0.05, 0.1) is 25.9 Å². The van der Waals surface area contributed by atoms with E-state index in [-0.39, 0.29) is 11.2 Å². The van der Waals surface area contributed by atoms with Crippen LogP contribution >= 0.6 is 0 Å². The number of nitrogens with one attached hydrogen (secondary N) is 1. The summed E-state index contributed by atoms with van der Waals surface area (Å²) in [6.07, 6.45) is -1.68. The summed E-state index contributed by atoms with van der Waals surface area (Å²) < 4.78 is 6.62. The Bertz CT molecular complexity index is 714. The molecule has 3 rings (SSSR count). The SMILES string of the molecule is O=c1[nH]cnc2c1ncn2C1(CO)O[C@H](CO)[C@@H](O)[C@H]1O. The van der Waals surface area contributed by atoms with Crippen LogP contribution in [0.4, 0.5) is 0 Å². The minimum Gasteiger partial charge on any atom is -0.394 e. The fourth-order valence-corrected chi connectivity index (χ4v) is 2.55. The number of aliphatic hydroxyl groups excluding tert-OH is 4. The van der Waals surface area contributed by atoms with Crippen LogP contribution in [0.1, 0.15) is 0 Å². The van der Waals surface area contributed by atoms with Crippen molar-refractivity contribution in [2.45, 2.75) is 24.0 Å². The number of fused-ring (bicyclic) bond motifs is 1. The summed E-state index contributed by atoms with van der Waals surface area (Å²) in [6.45, 7) is -1.25. The molecule has 114 valence electrons. The second-order valence-corrected chi connectivity index (χ2v) is 4.80. The van der Waals surface area contributed by atoms with E-state index in [0.717, 1.165) is 6.33 Å². The molecule has 5 N–H and O–H groups in total. The minimum absolute atomic E-state index is 0.00284. The third-order valence-corrected chi connectivity index (χ3v) is 3.68. The van der Waals surface area contributed by atoms with E-state index >= 15 is 0 Å². The molecule has 2 aromatic rings. The van der Waals surface area contributed by atoms with Crippen molar-refractivity contribution in [3.8, 4) is 0 Å². The van der Waals surface area contributed by atoms with E-state index < -0.39 is 42.8 Å². The smallest absolute Gasteiger partial charge is 0.278 e. The first-order chi connectivity index (χ1) is 10.0. The van der Waals surface area contributed by atoms with Crippen LogP contribution in [-0.2, 0) is 10.5 Å². The van der Waals surface area contributed by atoms with Gasteiger partial charge in [-0.05, 0) is 0 Å². The number of imidazole rings is 1. The topological polar surface area (TPSA) is 154 Å². The number of hydrogen-bond donors (Lipinski definition) is 5. The van der Waals surface area contributed by atoms with Crippen molar-refractivity contribution >= 4 is 11.2 Å². The first kappa shape index (κ1) is 14.1. The number of H-pyrrole nitrogens is 1. The fourth-order valence-electron chi connectivity index (χ4n) is 2.55. The molecule has 1 aliphatic rings. The summed E-state index contributed by atoms with van der Waals surface area (Å²) in [5.74, 6) is 0. The Labute approximate surface area is 117 Å². The second kappa shape index (κ2) is 4.86. The summed E-state index contributed by atoms with van der Waals surface area (Å²) in [6, 6.07) is 0. The van der Waals surface area contributed by atoms with E-state index in [9.17, 15) is 20.1 Å². The van der Waals surface area contributed by atoms with Gasteiger partial charge in [-0.1, -0.05) is 0 Å². The van der Waals surface area contributed by atoms with E-state index in [1.807, 2.05) is 0 Å². The van der Waals surface area contributed by atoms with Crippen LogP contribution < -0.4 is 5.56 Å². The van der Waals surface area contributed by atoms with E-state index in [4.69, 9.17) is 9.84 Å². The van der Waals surface area contributed by atoms with Crippen LogP contribution in [0.15, 0.2) is 17.4 Å². The van der Waals surface area contributed by atoms with E-state index in [1.165, 1.54) is 10.9 Å². The first-order valence-corrected chi connectivity index (χ1v) is 6.22. The van der Waals surface area contributed by atoms with Gasteiger partial charge in [-0.15, -0.1) is 0 Å². The lowest BCUT2D eigenvalue weighted by Gasteiger charge is -2.31. The molecule has 1 fully saturated rings. The van der Waals surface area contributed by atoms with Crippen molar-refractivity contribution in [1.82, 2.24) is 19.5 Å². The van der Waals surface area contributed by atoms with Crippen LogP contribution in [-0.4, -0.2) is 71.5 Å². The van der Waals surface area contributed by atoms with Crippen LogP contribution in [0.5, 0.6) is 0 Å². The highest BCUT2D eigenvalue weighted by Crippen LogP contribution is 2.36. The average Bonchev–Trinajstić information content (AvgIpc) is 3.03. The molecule has 0 bridgehead atoms. The van der Waals surface area contributed by atoms with Crippen molar-refractivity contribution in [2.75, 3.05) is 13.2 Å². The maximum atomic E-state index is 11.6. The second-order valence-electron chi connectivity index (χ2n) is 4.80. The van der Waals surface area contributed by atoms with Gasteiger partial charge in [-0.3, -0.25) is 9.36 Å². The van der Waals surface area contributed by atoms with Gasteiger partial charge >= 0.3 is 0 Å². The standard InChI is InChI=1S/C11H14N4O6/c16-1-5-7(18)8(19)11(2-17,21-5)15-4-14-6-9(15)12-3-13-10(6)20/h3-5,7-8,16-19H,1-2H2,(H,12,13,20)/t5-,7-,8-,11?/m1/s1. The van der Waals surface area contributed by atoms with Crippen LogP contribution in [0.25, 0.3) is 11.2 Å². The number of hydrogen-bond acceptors (Lipinski definition) is 8. The lowest BCUT2D eigenvalue weighted by molar-refractivity contribution is -0.169. The molecule has 10 heteroatoms. The molecule has 0 radical (unpaired) electrons. The Kier molecular flexibility index (Phi) is 3.26. The molecule has 21 heavy (non-hydrogen) atoms. The summed E-state index contributed by atoms with van der Waals surface area (Å²) in [5.41, 5.74) is -2.18. The Morgan fingerprint density at radius 2 is 2.14 bits per heavy atom. The molecule has 0 aliphatic carbocycles. The number of ether oxygens (including phenoxy) is 1. The van der Waals surface area contributed by atoms with Gasteiger partial charge < -0.3 is 30.1 Å². The molecule has 10 nitrogen and oxygen atoms in total. The maximum Gasteiger partial charge on any atom is 0.278 e. The van der Waals surface area contributed by atoms with Crippen molar-refractivity contribution in [2.24, 2.45) is 0 Å². The Morgan fingerprint density at radius 1 is 1.38 bits per heavy atom. The van der Waals surface area contributed by atoms with Crippen molar-refractivity contribution in [3.63, 3.8) is 0 Å². The number of rotatable bonds is 3. The maximum absolute atomic E-state index is 11.6. The van der Waals surface area contributed by atoms with Gasteiger partial charge in [-0.2, -0.15) is 0 Å². The third-order valence-electron chi connectivity index (χ3n) is 3.68. The molecule has 3 heterocycles. The first-order valence-electron chi connectivity index (χ1n) is 6.22. The zero-order chi connectivity index (χ0) is 15.2. The lowest BCUT2D eigenvalue weighted by atomic mass is 10.0. The van der Waals surface area contributed by atoms with E-state index in [0.29, 0.717) is 0 Å². The molecule has 1 aliphatic heterocycles. The fraction of sp³-hybridized carbons (Fsp3) is 0.545. The van der Waals surface area contributed by atoms with Crippen molar-refractivity contribution in [3.05, 3.63) is 23.0 Å². The number of aromatic nitrogens is 4. The van der Waals surface area contributed by atoms with Gasteiger partial charge in [0.25, 0.3) is 5.56 Å². The predicted molar refractivity (Wildman–Crippen MR) is 67.2 cm³/mol. The molecule has 1 saturated heterocycles. The normalized spacial score (nSPS) is 32.9. The highest BCUT2D eigenvalue weighted by molar-refractivity contribution is 5.69. The van der Waals surface area contributed by atoms with Gasteiger partial charge in [0, 0.05) is 0 Å². The highest BCUT2D eigenvalue weighted by atomic mass is 16.6. The molecular weight excluding hydrogens is 284 g/mol. The van der Waals surface area contributed by atoms with E-state index in [2.05, 4.69) is 15.0 Å². The zero-order valence-electron chi connectivity index (χ0n) is 10.7. The molecule has 0 spiro atoms. The third kappa shape index (κ3) is 1.81. The highest BCUT2D eigenvalue weighted by Gasteiger charge is 2.55. The predicted octanol–water partition coefficient (Wildman–Crippen LogP) is -3.12. The number of nitrogens with zero attached hydrogens (tertiary/aromatic N) is 3. The Hall–Kier alpha value is -1.85. The van der Waals surface area contributed by atoms with Gasteiger partial charge in [0.1, 0.15) is 18.3 Å². The number of aliphatic hydroxyl groups is 4. The average molecular weight is 298 g/mol. The zero-order valence-corrected chi connectivity index (χ0v) is 10.7. The van der Waals surface area contributed by atoms with Gasteiger partial charge in [0.2, 0.25) is 0 Å². The Balaban J connectivity index is 2.19. The van der Waals surface area contributed by atoms with Gasteiger partial charge in [-0.25, -0.2) is 9.97 Å². The van der Waals surface area contributed by atoms with Crippen molar-refractivity contribution in [1.29, 1.82) is 0 Å². The summed E-state index contributed by atoms with van der Waals surface area (Å²) in [7, 11) is 0. The molecule has 0 aromatic carbocycles. The molecule has 4 atom stereocenters. The van der Waals surface area contributed by atoms with Crippen molar-refractivity contribution < 1.29 is 25.2 Å². The summed E-state index contributed by atoms with van der Waals surface area (Å²) in [5, 5.41) is 38.9. The largest absolute Gasteiger partial charge is 0.394 e. The lowest BCUT2D eigenvalue weighted by Crippen LogP contribution is -2.48. The quantitative estimate of drug-likeness (QED) is 0.399. The van der Waals surface area contributed by atoms with Crippen LogP contribution in [0.2, 0.25) is 0 Å². The van der Waals surface area contributed by atoms with Gasteiger partial charge in [0.15, 0.2) is 16.9 Å². The molecule has 0 saturated carbocycles. The van der Waals surface area contributed by atoms with Crippen LogP contribution in [0, 0.1) is 0 Å². The summed E-state index contributed by atoms with van der Waals surface area (Å²) >= 11 is 0. The molecular formula is C11H14N4O6. The van der Waals surface area contributed by atoms with E-state index in [1.54, 1.807) is 0 Å². The minimum atomic E-state index is -1.78. The molecule has 2 aromatic heterocycles. The van der Waals surface area contributed by atoms with Crippen LogP contribution in [0.3, 0.4) is 0 Å².